The van der Waals surface area contributed by atoms with E-state index in [1.807, 2.05) is 12.1 Å². The Bertz CT molecular complexity index is 1410. The molecule has 1 aliphatic carbocycles. The summed E-state index contributed by atoms with van der Waals surface area (Å²) in [4.78, 5) is 10.7. The van der Waals surface area contributed by atoms with Gasteiger partial charge in [-0.25, -0.2) is 0 Å². The molecule has 0 N–H and O–H groups in total. The van der Waals surface area contributed by atoms with Gasteiger partial charge in [0.25, 0.3) is 0 Å². The predicted octanol–water partition coefficient (Wildman–Crippen LogP) is 6.82. The number of ether oxygens (including phenoxy) is 2. The van der Waals surface area contributed by atoms with E-state index in [0.717, 1.165) is 33.9 Å². The first kappa shape index (κ1) is 21.4. The van der Waals surface area contributed by atoms with Crippen LogP contribution in [0, 0.1) is 0 Å². The van der Waals surface area contributed by atoms with E-state index >= 15 is 0 Å². The van der Waals surface area contributed by atoms with E-state index in [4.69, 9.17) is 19.5 Å². The van der Waals surface area contributed by atoms with Crippen molar-refractivity contribution in [1.29, 1.82) is 0 Å². The molecular weight excluding hydrogens is 444 g/mol. The molecule has 2 heterocycles. The zero-order valence-electron chi connectivity index (χ0n) is 20.3. The molecule has 4 unspecified atom stereocenters. The molecule has 0 saturated heterocycles. The number of aliphatic imine (C=N–C) groups is 2. The van der Waals surface area contributed by atoms with Gasteiger partial charge in [-0.15, -0.1) is 0 Å². The van der Waals surface area contributed by atoms with Crippen molar-refractivity contribution < 1.29 is 9.47 Å². The van der Waals surface area contributed by atoms with Gasteiger partial charge in [-0.2, -0.15) is 0 Å². The molecule has 4 heteroatoms. The van der Waals surface area contributed by atoms with E-state index in [1.54, 1.807) is 14.2 Å². The summed E-state index contributed by atoms with van der Waals surface area (Å²) in [5.74, 6) is -0.172. The van der Waals surface area contributed by atoms with Gasteiger partial charge in [-0.05, 0) is 23.3 Å². The molecule has 0 aromatic heterocycles. The van der Waals surface area contributed by atoms with Crippen LogP contribution < -0.4 is 0 Å². The average Bonchev–Trinajstić information content (AvgIpc) is 3.47. The lowest BCUT2D eigenvalue weighted by molar-refractivity contribution is -0.122. The van der Waals surface area contributed by atoms with Gasteiger partial charge in [0, 0.05) is 37.2 Å². The molecule has 0 bridgehead atoms. The van der Waals surface area contributed by atoms with Gasteiger partial charge in [0.1, 0.15) is 0 Å². The van der Waals surface area contributed by atoms with E-state index in [2.05, 4.69) is 97.1 Å². The van der Waals surface area contributed by atoms with Crippen LogP contribution in [0.1, 0.15) is 34.1 Å². The lowest BCUT2D eigenvalue weighted by atomic mass is 9.55. The van der Waals surface area contributed by atoms with Crippen molar-refractivity contribution in [2.45, 2.75) is 23.0 Å². The zero-order valence-corrected chi connectivity index (χ0v) is 20.3. The first-order chi connectivity index (χ1) is 17.8. The van der Waals surface area contributed by atoms with Gasteiger partial charge in [0.2, 0.25) is 0 Å². The first-order valence-electron chi connectivity index (χ1n) is 12.3. The third-order valence-electron chi connectivity index (χ3n) is 8.12. The highest BCUT2D eigenvalue weighted by Gasteiger charge is 2.72. The van der Waals surface area contributed by atoms with Gasteiger partial charge in [0.05, 0.1) is 22.8 Å². The quantitative estimate of drug-likeness (QED) is 0.328. The second-order valence-electron chi connectivity index (χ2n) is 9.58. The summed E-state index contributed by atoms with van der Waals surface area (Å²) in [7, 11) is 3.56. The minimum Gasteiger partial charge on any atom is -0.363 e. The highest BCUT2D eigenvalue weighted by Crippen LogP contribution is 2.66. The minimum absolute atomic E-state index is 0.0858. The molecule has 36 heavy (non-hydrogen) atoms. The molecule has 4 atom stereocenters. The number of fused-ring (bicyclic) bond motifs is 7. The molecule has 0 radical (unpaired) electrons. The van der Waals surface area contributed by atoms with Crippen LogP contribution in [0.3, 0.4) is 0 Å². The number of para-hydroxylation sites is 2. The van der Waals surface area contributed by atoms with Gasteiger partial charge in [-0.1, -0.05) is 97.1 Å². The molecule has 0 amide bonds. The maximum Gasteiger partial charge on any atom is 0.172 e. The summed E-state index contributed by atoms with van der Waals surface area (Å²) in [6.45, 7) is 0. The van der Waals surface area contributed by atoms with Crippen LogP contribution in [0.15, 0.2) is 119 Å². The second kappa shape index (κ2) is 7.82. The van der Waals surface area contributed by atoms with Crippen molar-refractivity contribution in [3.63, 3.8) is 0 Å². The normalized spacial score (nSPS) is 27.4. The first-order valence-corrected chi connectivity index (χ1v) is 12.3. The van der Waals surface area contributed by atoms with Crippen molar-refractivity contribution in [3.8, 4) is 0 Å². The molecule has 4 aromatic carbocycles. The number of benzene rings is 4. The van der Waals surface area contributed by atoms with E-state index in [0.29, 0.717) is 0 Å². The summed E-state index contributed by atoms with van der Waals surface area (Å²) in [5, 5.41) is 0. The molecule has 3 aliphatic rings. The van der Waals surface area contributed by atoms with E-state index in [9.17, 15) is 0 Å². The van der Waals surface area contributed by atoms with Crippen LogP contribution in [-0.2, 0) is 20.7 Å². The van der Waals surface area contributed by atoms with Crippen molar-refractivity contribution in [2.24, 2.45) is 9.98 Å². The molecule has 4 aromatic rings. The molecular formula is C32H26N2O2. The molecule has 1 saturated carbocycles. The number of hydrogen-bond acceptors (Lipinski definition) is 4. The van der Waals surface area contributed by atoms with Crippen LogP contribution in [0.4, 0.5) is 11.4 Å². The van der Waals surface area contributed by atoms with Crippen molar-refractivity contribution in [3.05, 3.63) is 131 Å². The van der Waals surface area contributed by atoms with Gasteiger partial charge >= 0.3 is 0 Å². The minimum atomic E-state index is -0.963. The fourth-order valence-corrected chi connectivity index (χ4v) is 6.80. The third-order valence-corrected chi connectivity index (χ3v) is 8.12. The maximum absolute atomic E-state index is 6.69. The highest BCUT2D eigenvalue weighted by molar-refractivity contribution is 6.21. The third kappa shape index (κ3) is 2.50. The van der Waals surface area contributed by atoms with Crippen molar-refractivity contribution in [1.82, 2.24) is 0 Å². The fourth-order valence-electron chi connectivity index (χ4n) is 6.80. The van der Waals surface area contributed by atoms with Crippen LogP contribution >= 0.6 is 0 Å². The molecule has 1 fully saturated rings. The largest absolute Gasteiger partial charge is 0.363 e. The SMILES string of the molecule is COC12C(=Nc3ccccc31)C(c1ccccc1)C(c1ccccc1)C1=Nc3ccccc3C12OC. The Kier molecular flexibility index (Phi) is 4.65. The van der Waals surface area contributed by atoms with Crippen molar-refractivity contribution in [2.75, 3.05) is 14.2 Å². The molecule has 176 valence electrons. The summed E-state index contributed by atoms with van der Waals surface area (Å²) < 4.78 is 13.4. The summed E-state index contributed by atoms with van der Waals surface area (Å²) >= 11 is 0. The van der Waals surface area contributed by atoms with E-state index in [-0.39, 0.29) is 11.8 Å². The lowest BCUT2D eigenvalue weighted by Gasteiger charge is -2.54. The zero-order chi connectivity index (χ0) is 24.3. The molecule has 4 nitrogen and oxygen atoms in total. The smallest absolute Gasteiger partial charge is 0.172 e. The summed E-state index contributed by atoms with van der Waals surface area (Å²) in [5.41, 5.74) is 6.24. The standard InChI is InChI=1S/C32H26N2O2/c1-35-31-23-17-9-11-19-25(23)33-29(31)27(21-13-5-3-6-14-21)28(22-15-7-4-8-16-22)30-32(31,36-2)24-18-10-12-20-26(24)34-30/h3-20,27-28H,1-2H3. The predicted molar refractivity (Wildman–Crippen MR) is 143 cm³/mol. The Morgan fingerprint density at radius 2 is 0.861 bits per heavy atom. The molecule has 7 rings (SSSR count). The Labute approximate surface area is 211 Å². The number of rotatable bonds is 4. The Balaban J connectivity index is 1.64. The van der Waals surface area contributed by atoms with E-state index in [1.165, 1.54) is 11.1 Å². The fraction of sp³-hybridized carbons (Fsp3) is 0.188. The maximum atomic E-state index is 6.69. The molecule has 0 spiro atoms. The van der Waals surface area contributed by atoms with Gasteiger partial charge < -0.3 is 9.47 Å². The summed E-state index contributed by atoms with van der Waals surface area (Å²) in [6.07, 6.45) is 0. The summed E-state index contributed by atoms with van der Waals surface area (Å²) in [6, 6.07) is 37.8. The topological polar surface area (TPSA) is 43.2 Å². The Hall–Kier alpha value is -3.86. The van der Waals surface area contributed by atoms with Crippen LogP contribution in [0.2, 0.25) is 0 Å². The average molecular weight is 471 g/mol. The number of hydrogen-bond donors (Lipinski definition) is 0. The number of nitrogens with zero attached hydrogens (tertiary/aromatic N) is 2. The van der Waals surface area contributed by atoms with Crippen LogP contribution in [0.5, 0.6) is 0 Å². The monoisotopic (exact) mass is 470 g/mol. The van der Waals surface area contributed by atoms with Crippen molar-refractivity contribution >= 4 is 22.8 Å². The van der Waals surface area contributed by atoms with Gasteiger partial charge in [0.15, 0.2) is 11.2 Å². The van der Waals surface area contributed by atoms with E-state index < -0.39 is 11.2 Å². The second-order valence-corrected chi connectivity index (χ2v) is 9.58. The Morgan fingerprint density at radius 3 is 1.25 bits per heavy atom. The lowest BCUT2D eigenvalue weighted by Crippen LogP contribution is -2.65. The van der Waals surface area contributed by atoms with Crippen LogP contribution in [-0.4, -0.2) is 25.6 Å². The number of methoxy groups -OCH3 is 2. The van der Waals surface area contributed by atoms with Crippen LogP contribution in [0.25, 0.3) is 0 Å². The van der Waals surface area contributed by atoms with Gasteiger partial charge in [-0.3, -0.25) is 9.98 Å². The highest BCUT2D eigenvalue weighted by atomic mass is 16.6. The molecule has 2 aliphatic heterocycles. The Morgan fingerprint density at radius 1 is 0.500 bits per heavy atom.